The SMILES string of the molecule is CN(C(=O)c1nc[nH]c1C(C)(C)C)C1CCN(c2ncccn2)C1. The monoisotopic (exact) mass is 328 g/mol. The van der Waals surface area contributed by atoms with Crippen LogP contribution in [0.5, 0.6) is 0 Å². The zero-order chi connectivity index (χ0) is 17.3. The van der Waals surface area contributed by atoms with E-state index in [1.807, 2.05) is 7.05 Å². The number of likely N-dealkylation sites (N-methyl/N-ethyl adjacent to an activating group) is 1. The molecule has 3 rings (SSSR count). The Hall–Kier alpha value is -2.44. The van der Waals surface area contributed by atoms with Gasteiger partial charge in [0.15, 0.2) is 0 Å². The number of carbonyl (C=O) groups is 1. The lowest BCUT2D eigenvalue weighted by Crippen LogP contribution is -2.40. The predicted molar refractivity (Wildman–Crippen MR) is 92.0 cm³/mol. The lowest BCUT2D eigenvalue weighted by Gasteiger charge is -2.26. The second-order valence-corrected chi connectivity index (χ2v) is 7.23. The zero-order valence-corrected chi connectivity index (χ0v) is 14.7. The van der Waals surface area contributed by atoms with Crippen molar-refractivity contribution in [3.63, 3.8) is 0 Å². The molecule has 1 fully saturated rings. The minimum Gasteiger partial charge on any atom is -0.347 e. The Labute approximate surface area is 142 Å². The second kappa shape index (κ2) is 6.22. The van der Waals surface area contributed by atoms with Crippen molar-refractivity contribution in [1.82, 2.24) is 24.8 Å². The lowest BCUT2D eigenvalue weighted by atomic mass is 9.90. The van der Waals surface area contributed by atoms with Crippen molar-refractivity contribution < 1.29 is 4.79 Å². The van der Waals surface area contributed by atoms with Crippen molar-refractivity contribution in [3.05, 3.63) is 36.2 Å². The van der Waals surface area contributed by atoms with E-state index in [1.54, 1.807) is 29.7 Å². The van der Waals surface area contributed by atoms with E-state index in [0.717, 1.165) is 31.2 Å². The molecule has 24 heavy (non-hydrogen) atoms. The maximum atomic E-state index is 12.9. The Morgan fingerprint density at radius 1 is 1.29 bits per heavy atom. The number of nitrogens with zero attached hydrogens (tertiary/aromatic N) is 5. The Morgan fingerprint density at radius 2 is 2.00 bits per heavy atom. The summed E-state index contributed by atoms with van der Waals surface area (Å²) in [7, 11) is 1.85. The number of aromatic nitrogens is 4. The van der Waals surface area contributed by atoms with E-state index >= 15 is 0 Å². The molecule has 7 heteroatoms. The summed E-state index contributed by atoms with van der Waals surface area (Å²) in [4.78, 5) is 32.8. The molecule has 1 unspecified atom stereocenters. The molecule has 0 saturated carbocycles. The average Bonchev–Trinajstić information content (AvgIpc) is 3.23. The largest absolute Gasteiger partial charge is 0.347 e. The summed E-state index contributed by atoms with van der Waals surface area (Å²) in [6, 6.07) is 1.93. The minimum atomic E-state index is -0.151. The quantitative estimate of drug-likeness (QED) is 0.930. The zero-order valence-electron chi connectivity index (χ0n) is 14.7. The normalized spacial score (nSPS) is 18.0. The lowest BCUT2D eigenvalue weighted by molar-refractivity contribution is 0.0737. The number of hydrogen-bond donors (Lipinski definition) is 1. The van der Waals surface area contributed by atoms with Gasteiger partial charge in [-0.05, 0) is 12.5 Å². The molecule has 1 atom stereocenters. The molecule has 2 aromatic heterocycles. The van der Waals surface area contributed by atoms with Crippen molar-refractivity contribution in [2.45, 2.75) is 38.6 Å². The van der Waals surface area contributed by atoms with Crippen molar-refractivity contribution in [3.8, 4) is 0 Å². The molecule has 0 aliphatic carbocycles. The van der Waals surface area contributed by atoms with E-state index in [1.165, 1.54) is 0 Å². The Kier molecular flexibility index (Phi) is 4.26. The fraction of sp³-hybridized carbons (Fsp3) is 0.529. The number of anilines is 1. The van der Waals surface area contributed by atoms with Gasteiger partial charge < -0.3 is 14.8 Å². The molecule has 0 aromatic carbocycles. The second-order valence-electron chi connectivity index (χ2n) is 7.23. The van der Waals surface area contributed by atoms with Crippen LogP contribution in [0.25, 0.3) is 0 Å². The third-order valence-corrected chi connectivity index (χ3v) is 4.46. The number of amides is 1. The van der Waals surface area contributed by atoms with Crippen molar-refractivity contribution in [1.29, 1.82) is 0 Å². The maximum absolute atomic E-state index is 12.9. The van der Waals surface area contributed by atoms with Gasteiger partial charge in [0, 0.05) is 37.9 Å². The molecular formula is C17H24N6O. The van der Waals surface area contributed by atoms with Gasteiger partial charge in [-0.25, -0.2) is 15.0 Å². The fourth-order valence-electron chi connectivity index (χ4n) is 3.06. The Balaban J connectivity index is 1.73. The molecule has 1 saturated heterocycles. The summed E-state index contributed by atoms with van der Waals surface area (Å²) in [5, 5.41) is 0. The number of H-pyrrole nitrogens is 1. The van der Waals surface area contributed by atoms with E-state index in [9.17, 15) is 4.79 Å². The van der Waals surface area contributed by atoms with E-state index in [-0.39, 0.29) is 17.4 Å². The van der Waals surface area contributed by atoms with E-state index in [2.05, 4.69) is 45.6 Å². The van der Waals surface area contributed by atoms with Crippen LogP contribution in [-0.2, 0) is 5.41 Å². The highest BCUT2D eigenvalue weighted by Crippen LogP contribution is 2.25. The number of rotatable bonds is 3. The topological polar surface area (TPSA) is 78.0 Å². The van der Waals surface area contributed by atoms with Crippen LogP contribution in [0.1, 0.15) is 43.4 Å². The maximum Gasteiger partial charge on any atom is 0.274 e. The van der Waals surface area contributed by atoms with Gasteiger partial charge >= 0.3 is 0 Å². The average molecular weight is 328 g/mol. The molecule has 1 N–H and O–H groups in total. The Morgan fingerprint density at radius 3 is 2.67 bits per heavy atom. The van der Waals surface area contributed by atoms with Crippen LogP contribution >= 0.6 is 0 Å². The highest BCUT2D eigenvalue weighted by Gasteiger charge is 2.33. The molecule has 0 bridgehead atoms. The summed E-state index contributed by atoms with van der Waals surface area (Å²) in [6.07, 6.45) is 5.98. The van der Waals surface area contributed by atoms with Gasteiger partial charge in [0.1, 0.15) is 5.69 Å². The first-order valence-electron chi connectivity index (χ1n) is 8.21. The molecule has 0 radical (unpaired) electrons. The van der Waals surface area contributed by atoms with Crippen LogP contribution in [0, 0.1) is 0 Å². The highest BCUT2D eigenvalue weighted by molar-refractivity contribution is 5.93. The van der Waals surface area contributed by atoms with Gasteiger partial charge in [-0.2, -0.15) is 0 Å². The molecule has 1 amide bonds. The van der Waals surface area contributed by atoms with Crippen LogP contribution in [0.15, 0.2) is 24.8 Å². The molecule has 2 aromatic rings. The molecular weight excluding hydrogens is 304 g/mol. The number of imidazole rings is 1. The minimum absolute atomic E-state index is 0.0398. The highest BCUT2D eigenvalue weighted by atomic mass is 16.2. The number of nitrogens with one attached hydrogen (secondary N) is 1. The summed E-state index contributed by atoms with van der Waals surface area (Å²) in [6.45, 7) is 7.80. The summed E-state index contributed by atoms with van der Waals surface area (Å²) < 4.78 is 0. The summed E-state index contributed by atoms with van der Waals surface area (Å²) in [5.74, 6) is 0.679. The van der Waals surface area contributed by atoms with Crippen molar-refractivity contribution in [2.24, 2.45) is 0 Å². The molecule has 0 spiro atoms. The van der Waals surface area contributed by atoms with Crippen LogP contribution < -0.4 is 4.90 Å². The standard InChI is InChI=1S/C17H24N6O/c1-17(2,3)14-13(20-11-21-14)15(24)22(4)12-6-9-23(10-12)16-18-7-5-8-19-16/h5,7-8,11-12H,6,9-10H2,1-4H3,(H,20,21). The number of carbonyl (C=O) groups excluding carboxylic acids is 1. The number of aromatic amines is 1. The van der Waals surface area contributed by atoms with Crippen LogP contribution in [-0.4, -0.2) is 56.9 Å². The van der Waals surface area contributed by atoms with Crippen molar-refractivity contribution in [2.75, 3.05) is 25.0 Å². The summed E-state index contributed by atoms with van der Waals surface area (Å²) >= 11 is 0. The van der Waals surface area contributed by atoms with Gasteiger partial charge in [0.05, 0.1) is 18.1 Å². The van der Waals surface area contributed by atoms with E-state index < -0.39 is 0 Å². The first-order valence-corrected chi connectivity index (χ1v) is 8.21. The van der Waals surface area contributed by atoms with Crippen molar-refractivity contribution >= 4 is 11.9 Å². The molecule has 3 heterocycles. The van der Waals surface area contributed by atoms with Gasteiger partial charge in [-0.15, -0.1) is 0 Å². The predicted octanol–water partition coefficient (Wildman–Crippen LogP) is 1.85. The van der Waals surface area contributed by atoms with E-state index in [4.69, 9.17) is 0 Å². The number of hydrogen-bond acceptors (Lipinski definition) is 5. The van der Waals surface area contributed by atoms with Gasteiger partial charge in [0.2, 0.25) is 5.95 Å². The fourth-order valence-corrected chi connectivity index (χ4v) is 3.06. The van der Waals surface area contributed by atoms with Gasteiger partial charge in [-0.1, -0.05) is 20.8 Å². The van der Waals surface area contributed by atoms with Gasteiger partial charge in [0.25, 0.3) is 5.91 Å². The van der Waals surface area contributed by atoms with Crippen LogP contribution in [0.4, 0.5) is 5.95 Å². The first-order chi connectivity index (χ1) is 11.4. The van der Waals surface area contributed by atoms with E-state index in [0.29, 0.717) is 5.69 Å². The molecule has 1 aliphatic heterocycles. The smallest absolute Gasteiger partial charge is 0.274 e. The first kappa shape index (κ1) is 16.4. The summed E-state index contributed by atoms with van der Waals surface area (Å²) in [5.41, 5.74) is 1.24. The molecule has 7 nitrogen and oxygen atoms in total. The molecule has 1 aliphatic rings. The Bertz CT molecular complexity index is 705. The van der Waals surface area contributed by atoms with Crippen LogP contribution in [0.2, 0.25) is 0 Å². The van der Waals surface area contributed by atoms with Gasteiger partial charge in [-0.3, -0.25) is 4.79 Å². The third kappa shape index (κ3) is 3.11. The molecule has 128 valence electrons. The van der Waals surface area contributed by atoms with Crippen LogP contribution in [0.3, 0.4) is 0 Å². The third-order valence-electron chi connectivity index (χ3n) is 4.46.